The molecule has 6 heteroatoms. The monoisotopic (exact) mass is 371 g/mol. The Morgan fingerprint density at radius 1 is 1.36 bits per heavy atom. The first-order valence-electron chi connectivity index (χ1n) is 8.73. The zero-order chi connectivity index (χ0) is 17.6. The van der Waals surface area contributed by atoms with Crippen LogP contribution in [0.1, 0.15) is 47.1 Å². The number of amides is 1. The molecule has 1 N–H and O–H groups in total. The Bertz CT molecular complexity index is 998. The summed E-state index contributed by atoms with van der Waals surface area (Å²) >= 11 is 7.18. The first kappa shape index (κ1) is 16.5. The molecule has 0 unspecified atom stereocenters. The normalized spacial score (nSPS) is 17.0. The number of rotatable bonds is 3. The molecule has 0 spiro atoms. The van der Waals surface area contributed by atoms with Crippen LogP contribution in [0, 0.1) is 4.77 Å². The van der Waals surface area contributed by atoms with E-state index in [4.69, 9.17) is 12.2 Å². The van der Waals surface area contributed by atoms with Crippen molar-refractivity contribution in [1.82, 2.24) is 14.5 Å². The number of aromatic nitrogens is 2. The maximum absolute atomic E-state index is 13.2. The van der Waals surface area contributed by atoms with Crippen LogP contribution in [-0.4, -0.2) is 26.9 Å². The average Bonchev–Trinajstić information content (AvgIpc) is 3.22. The van der Waals surface area contributed by atoms with E-state index in [1.54, 1.807) is 11.3 Å². The fourth-order valence-electron chi connectivity index (χ4n) is 3.86. The highest BCUT2D eigenvalue weighted by molar-refractivity contribution is 7.71. The van der Waals surface area contributed by atoms with Gasteiger partial charge in [0.1, 0.15) is 0 Å². The van der Waals surface area contributed by atoms with Gasteiger partial charge < -0.3 is 14.5 Å². The quantitative estimate of drug-likeness (QED) is 0.663. The topological polar surface area (TPSA) is 41.0 Å². The van der Waals surface area contributed by atoms with Crippen LogP contribution in [0.15, 0.2) is 29.6 Å². The highest BCUT2D eigenvalue weighted by Crippen LogP contribution is 2.36. The summed E-state index contributed by atoms with van der Waals surface area (Å²) in [6.45, 7) is 5.83. The van der Waals surface area contributed by atoms with Gasteiger partial charge in [-0.05, 0) is 67.2 Å². The number of thiophene rings is 1. The summed E-state index contributed by atoms with van der Waals surface area (Å²) in [5.41, 5.74) is 4.03. The van der Waals surface area contributed by atoms with E-state index in [1.807, 2.05) is 27.7 Å². The van der Waals surface area contributed by atoms with Crippen molar-refractivity contribution in [3.05, 3.63) is 50.4 Å². The second-order valence-electron chi connectivity index (χ2n) is 6.38. The van der Waals surface area contributed by atoms with Gasteiger partial charge in [0.25, 0.3) is 5.91 Å². The van der Waals surface area contributed by atoms with Gasteiger partial charge in [-0.3, -0.25) is 4.79 Å². The lowest BCUT2D eigenvalue weighted by Gasteiger charge is -2.35. The maximum Gasteiger partial charge on any atom is 0.254 e. The zero-order valence-electron chi connectivity index (χ0n) is 14.4. The number of H-pyrrole nitrogens is 1. The van der Waals surface area contributed by atoms with Crippen LogP contribution in [0.5, 0.6) is 0 Å². The van der Waals surface area contributed by atoms with E-state index in [0.717, 1.165) is 42.5 Å². The summed E-state index contributed by atoms with van der Waals surface area (Å²) in [6.07, 6.45) is 1.89. The van der Waals surface area contributed by atoms with Gasteiger partial charge in [-0.25, -0.2) is 0 Å². The van der Waals surface area contributed by atoms with Gasteiger partial charge in [0, 0.05) is 23.5 Å². The van der Waals surface area contributed by atoms with Crippen molar-refractivity contribution < 1.29 is 4.79 Å². The molecular formula is C19H21N3OS2. The summed E-state index contributed by atoms with van der Waals surface area (Å²) in [5, 5.41) is 2.14. The maximum atomic E-state index is 13.2. The Hall–Kier alpha value is -1.92. The predicted molar refractivity (Wildman–Crippen MR) is 105 cm³/mol. The molecule has 1 aromatic carbocycles. The van der Waals surface area contributed by atoms with Crippen molar-refractivity contribution in [2.24, 2.45) is 0 Å². The number of imidazole rings is 1. The van der Waals surface area contributed by atoms with Crippen LogP contribution in [-0.2, 0) is 13.0 Å². The lowest BCUT2D eigenvalue weighted by atomic mass is 9.97. The number of nitrogens with zero attached hydrogens (tertiary/aromatic N) is 2. The van der Waals surface area contributed by atoms with Gasteiger partial charge in [-0.15, -0.1) is 11.3 Å². The summed E-state index contributed by atoms with van der Waals surface area (Å²) in [4.78, 5) is 19.9. The van der Waals surface area contributed by atoms with Crippen LogP contribution in [0.4, 0.5) is 0 Å². The summed E-state index contributed by atoms with van der Waals surface area (Å²) in [7, 11) is 0. The largest absolute Gasteiger partial charge is 0.331 e. The van der Waals surface area contributed by atoms with Crippen molar-refractivity contribution in [2.45, 2.75) is 39.3 Å². The second-order valence-corrected chi connectivity index (χ2v) is 7.77. The first-order valence-corrected chi connectivity index (χ1v) is 10.0. The molecule has 2 aromatic heterocycles. The molecule has 1 amide bonds. The lowest BCUT2D eigenvalue weighted by molar-refractivity contribution is 0.0657. The van der Waals surface area contributed by atoms with Crippen molar-refractivity contribution in [2.75, 3.05) is 6.54 Å². The van der Waals surface area contributed by atoms with Crippen molar-refractivity contribution in [3.63, 3.8) is 0 Å². The van der Waals surface area contributed by atoms with Gasteiger partial charge in [-0.2, -0.15) is 0 Å². The Kier molecular flexibility index (Phi) is 4.25. The Morgan fingerprint density at radius 3 is 2.96 bits per heavy atom. The number of aromatic amines is 1. The lowest BCUT2D eigenvalue weighted by Crippen LogP contribution is -2.39. The molecule has 0 aliphatic carbocycles. The molecule has 0 bridgehead atoms. The van der Waals surface area contributed by atoms with E-state index in [1.165, 1.54) is 10.4 Å². The third kappa shape index (κ3) is 2.64. The highest BCUT2D eigenvalue weighted by Gasteiger charge is 2.31. The third-order valence-electron chi connectivity index (χ3n) is 5.08. The van der Waals surface area contributed by atoms with Crippen LogP contribution in [0.2, 0.25) is 0 Å². The predicted octanol–water partition coefficient (Wildman–Crippen LogP) is 4.93. The molecule has 1 aliphatic rings. The van der Waals surface area contributed by atoms with Gasteiger partial charge in [0.15, 0.2) is 4.77 Å². The van der Waals surface area contributed by atoms with E-state index >= 15 is 0 Å². The second kappa shape index (κ2) is 6.42. The highest BCUT2D eigenvalue weighted by atomic mass is 32.1. The number of carbonyl (C=O) groups is 1. The Balaban J connectivity index is 1.71. The SMILES string of the molecule is CC[C@@H]1c2ccsc2CCN1C(=O)c1ccc2c(c1)[nH]c(=S)n2CC. The molecule has 25 heavy (non-hydrogen) atoms. The first-order chi connectivity index (χ1) is 12.1. The fourth-order valence-corrected chi connectivity index (χ4v) is 5.12. The van der Waals surface area contributed by atoms with Crippen molar-refractivity contribution in [3.8, 4) is 0 Å². The van der Waals surface area contributed by atoms with E-state index in [2.05, 4.69) is 30.3 Å². The molecule has 1 aliphatic heterocycles. The van der Waals surface area contributed by atoms with E-state index < -0.39 is 0 Å². The fraction of sp³-hybridized carbons (Fsp3) is 0.368. The molecule has 0 fully saturated rings. The minimum absolute atomic E-state index is 0.106. The molecule has 0 radical (unpaired) electrons. The molecule has 4 rings (SSSR count). The van der Waals surface area contributed by atoms with Gasteiger partial charge in [0.05, 0.1) is 17.1 Å². The molecule has 4 nitrogen and oxygen atoms in total. The molecule has 0 saturated heterocycles. The van der Waals surface area contributed by atoms with Crippen molar-refractivity contribution >= 4 is 40.5 Å². The molecule has 130 valence electrons. The van der Waals surface area contributed by atoms with Gasteiger partial charge in [0.2, 0.25) is 0 Å². The summed E-state index contributed by atoms with van der Waals surface area (Å²) < 4.78 is 2.75. The van der Waals surface area contributed by atoms with Gasteiger partial charge in [-0.1, -0.05) is 6.92 Å². The minimum Gasteiger partial charge on any atom is -0.331 e. The Labute approximate surface area is 156 Å². The number of benzene rings is 1. The van der Waals surface area contributed by atoms with E-state index in [9.17, 15) is 4.79 Å². The number of hydrogen-bond acceptors (Lipinski definition) is 3. The van der Waals surface area contributed by atoms with Crippen LogP contribution >= 0.6 is 23.6 Å². The van der Waals surface area contributed by atoms with Crippen LogP contribution in [0.25, 0.3) is 11.0 Å². The molecular weight excluding hydrogens is 350 g/mol. The Morgan fingerprint density at radius 2 is 2.20 bits per heavy atom. The average molecular weight is 372 g/mol. The molecule has 0 saturated carbocycles. The third-order valence-corrected chi connectivity index (χ3v) is 6.40. The number of fused-ring (bicyclic) bond motifs is 2. The van der Waals surface area contributed by atoms with Gasteiger partial charge >= 0.3 is 0 Å². The van der Waals surface area contributed by atoms with Crippen LogP contribution < -0.4 is 0 Å². The zero-order valence-corrected chi connectivity index (χ0v) is 16.0. The van der Waals surface area contributed by atoms with E-state index in [0.29, 0.717) is 4.77 Å². The number of nitrogens with one attached hydrogen (secondary N) is 1. The number of hydrogen-bond donors (Lipinski definition) is 1. The number of carbonyl (C=O) groups excluding carboxylic acids is 1. The summed E-state index contributed by atoms with van der Waals surface area (Å²) in [6, 6.07) is 8.22. The standard InChI is InChI=1S/C19H21N3OS2/c1-3-15-13-8-10-25-17(13)7-9-22(15)18(23)12-5-6-16-14(11-12)20-19(24)21(16)4-2/h5-6,8,10-11,15H,3-4,7,9H2,1-2H3,(H,20,24)/t15-/m1/s1. The van der Waals surface area contributed by atoms with Crippen molar-refractivity contribution in [1.29, 1.82) is 0 Å². The smallest absolute Gasteiger partial charge is 0.254 e. The van der Waals surface area contributed by atoms with E-state index in [-0.39, 0.29) is 11.9 Å². The number of aryl methyl sites for hydroxylation is 1. The van der Waals surface area contributed by atoms with Crippen LogP contribution in [0.3, 0.4) is 0 Å². The molecule has 1 atom stereocenters. The summed E-state index contributed by atoms with van der Waals surface area (Å²) in [5.74, 6) is 0.106. The molecule has 3 aromatic rings. The minimum atomic E-state index is 0.106. The molecule has 3 heterocycles.